The van der Waals surface area contributed by atoms with E-state index in [1.165, 1.54) is 0 Å². The van der Waals surface area contributed by atoms with Gasteiger partial charge in [0, 0.05) is 50.6 Å². The highest BCUT2D eigenvalue weighted by Gasteiger charge is 2.31. The van der Waals surface area contributed by atoms with Crippen LogP contribution in [0.1, 0.15) is 24.9 Å². The normalized spacial score (nSPS) is 23.8. The van der Waals surface area contributed by atoms with Gasteiger partial charge in [-0.2, -0.15) is 0 Å². The predicted molar refractivity (Wildman–Crippen MR) is 94.3 cm³/mol. The van der Waals surface area contributed by atoms with Gasteiger partial charge in [-0.1, -0.05) is 6.07 Å². The molecule has 2 fully saturated rings. The third kappa shape index (κ3) is 5.14. The summed E-state index contributed by atoms with van der Waals surface area (Å²) in [5, 5.41) is 6.03. The molecule has 7 heteroatoms. The van der Waals surface area contributed by atoms with Crippen LogP contribution in [0.5, 0.6) is 0 Å². The Labute approximate surface area is 149 Å². The summed E-state index contributed by atoms with van der Waals surface area (Å²) in [4.78, 5) is 18.8. The molecule has 2 saturated heterocycles. The molecule has 7 nitrogen and oxygen atoms in total. The van der Waals surface area contributed by atoms with E-state index < -0.39 is 0 Å². The van der Waals surface area contributed by atoms with Crippen molar-refractivity contribution in [1.82, 2.24) is 20.5 Å². The van der Waals surface area contributed by atoms with Crippen molar-refractivity contribution in [1.29, 1.82) is 0 Å². The highest BCUT2D eigenvalue weighted by atomic mass is 16.5. The van der Waals surface area contributed by atoms with Crippen LogP contribution in [0.25, 0.3) is 0 Å². The number of nitrogens with zero attached hydrogens (tertiary/aromatic N) is 2. The van der Waals surface area contributed by atoms with Gasteiger partial charge in [-0.3, -0.25) is 9.88 Å². The number of aromatic nitrogens is 1. The number of carbonyl (C=O) groups is 1. The summed E-state index contributed by atoms with van der Waals surface area (Å²) in [6.07, 6.45) is 4.56. The lowest BCUT2D eigenvalue weighted by Crippen LogP contribution is -2.53. The van der Waals surface area contributed by atoms with Crippen molar-refractivity contribution in [3.05, 3.63) is 30.1 Å². The zero-order valence-corrected chi connectivity index (χ0v) is 14.8. The highest BCUT2D eigenvalue weighted by molar-refractivity contribution is 5.74. The van der Waals surface area contributed by atoms with E-state index in [4.69, 9.17) is 9.47 Å². The van der Waals surface area contributed by atoms with Crippen molar-refractivity contribution in [2.75, 3.05) is 46.1 Å². The molecule has 2 aliphatic heterocycles. The zero-order valence-electron chi connectivity index (χ0n) is 14.8. The van der Waals surface area contributed by atoms with E-state index >= 15 is 0 Å². The molecule has 0 aromatic carbocycles. The lowest BCUT2D eigenvalue weighted by Gasteiger charge is -2.37. The minimum absolute atomic E-state index is 0.0784. The summed E-state index contributed by atoms with van der Waals surface area (Å²) in [6, 6.07) is 3.91. The van der Waals surface area contributed by atoms with Crippen molar-refractivity contribution in [2.45, 2.75) is 25.4 Å². The van der Waals surface area contributed by atoms with Crippen LogP contribution in [-0.2, 0) is 9.47 Å². The van der Waals surface area contributed by atoms with E-state index in [2.05, 4.69) is 20.5 Å². The van der Waals surface area contributed by atoms with E-state index in [1.54, 1.807) is 12.4 Å². The second kappa shape index (κ2) is 9.12. The second-order valence-corrected chi connectivity index (χ2v) is 6.70. The van der Waals surface area contributed by atoms with Gasteiger partial charge in [0.1, 0.15) is 0 Å². The molecule has 0 spiro atoms. The molecule has 1 aromatic heterocycles. The molecule has 2 N–H and O–H groups in total. The maximum absolute atomic E-state index is 12.3. The second-order valence-electron chi connectivity index (χ2n) is 6.70. The van der Waals surface area contributed by atoms with Crippen molar-refractivity contribution in [3.8, 4) is 0 Å². The number of ether oxygens (including phenoxy) is 2. The van der Waals surface area contributed by atoms with Gasteiger partial charge < -0.3 is 20.1 Å². The maximum Gasteiger partial charge on any atom is 0.315 e. The number of nitrogens with one attached hydrogen (secondary N) is 2. The largest absolute Gasteiger partial charge is 0.381 e. The van der Waals surface area contributed by atoms with Gasteiger partial charge in [0.25, 0.3) is 0 Å². The Kier molecular flexibility index (Phi) is 6.61. The number of amides is 2. The highest BCUT2D eigenvalue weighted by Crippen LogP contribution is 2.21. The minimum Gasteiger partial charge on any atom is -0.381 e. The predicted octanol–water partition coefficient (Wildman–Crippen LogP) is 1.18. The van der Waals surface area contributed by atoms with E-state index in [0.717, 1.165) is 51.5 Å². The fraction of sp³-hybridized carbons (Fsp3) is 0.667. The summed E-state index contributed by atoms with van der Waals surface area (Å²) < 4.78 is 11.0. The summed E-state index contributed by atoms with van der Waals surface area (Å²) in [5.74, 6) is 0.467. The number of hydrogen-bond donors (Lipinski definition) is 2. The Morgan fingerprint density at radius 2 is 2.20 bits per heavy atom. The molecule has 1 aromatic rings. The molecule has 0 bridgehead atoms. The molecule has 0 radical (unpaired) electrons. The van der Waals surface area contributed by atoms with Crippen molar-refractivity contribution < 1.29 is 14.3 Å². The van der Waals surface area contributed by atoms with Crippen LogP contribution in [0, 0.1) is 5.92 Å². The topological polar surface area (TPSA) is 75.7 Å². The van der Waals surface area contributed by atoms with Crippen LogP contribution in [0.15, 0.2) is 24.5 Å². The third-order valence-electron chi connectivity index (χ3n) is 5.03. The molecule has 3 unspecified atom stereocenters. The van der Waals surface area contributed by atoms with Crippen LogP contribution in [0.2, 0.25) is 0 Å². The van der Waals surface area contributed by atoms with Gasteiger partial charge in [-0.05, 0) is 25.0 Å². The summed E-state index contributed by atoms with van der Waals surface area (Å²) >= 11 is 0. The van der Waals surface area contributed by atoms with Gasteiger partial charge in [0.15, 0.2) is 0 Å². The molecule has 0 saturated carbocycles. The molecule has 2 amide bonds. The molecule has 25 heavy (non-hydrogen) atoms. The fourth-order valence-corrected chi connectivity index (χ4v) is 3.52. The number of urea groups is 1. The van der Waals surface area contributed by atoms with E-state index in [9.17, 15) is 4.79 Å². The number of hydrogen-bond acceptors (Lipinski definition) is 5. The van der Waals surface area contributed by atoms with Crippen molar-refractivity contribution in [2.24, 2.45) is 5.92 Å². The number of pyridine rings is 1. The number of morpholine rings is 1. The van der Waals surface area contributed by atoms with Crippen molar-refractivity contribution in [3.63, 3.8) is 0 Å². The third-order valence-corrected chi connectivity index (χ3v) is 5.03. The number of carbonyl (C=O) groups excluding carboxylic acids is 1. The average Bonchev–Trinajstić information content (AvgIpc) is 3.18. The fourth-order valence-electron chi connectivity index (χ4n) is 3.52. The smallest absolute Gasteiger partial charge is 0.315 e. The molecule has 3 heterocycles. The SMILES string of the molecule is CC(NC(=O)NCC(C1CCOC1)N1CCOCC1)c1cccnc1. The van der Waals surface area contributed by atoms with Gasteiger partial charge in [-0.15, -0.1) is 0 Å². The van der Waals surface area contributed by atoms with Crippen LogP contribution in [0.3, 0.4) is 0 Å². The minimum atomic E-state index is -0.145. The van der Waals surface area contributed by atoms with Gasteiger partial charge in [0.05, 0.1) is 25.9 Å². The first-order chi connectivity index (χ1) is 12.2. The Hall–Kier alpha value is -1.70. The monoisotopic (exact) mass is 348 g/mol. The summed E-state index contributed by atoms with van der Waals surface area (Å²) in [6.45, 7) is 7.52. The van der Waals surface area contributed by atoms with Crippen LogP contribution >= 0.6 is 0 Å². The van der Waals surface area contributed by atoms with Gasteiger partial charge in [0.2, 0.25) is 0 Å². The van der Waals surface area contributed by atoms with Crippen LogP contribution in [0.4, 0.5) is 4.79 Å². The molecule has 2 aliphatic rings. The first-order valence-electron chi connectivity index (χ1n) is 9.08. The van der Waals surface area contributed by atoms with E-state index in [-0.39, 0.29) is 12.1 Å². The standard InChI is InChI=1S/C18H28N4O3/c1-14(15-3-2-5-19-11-15)21-18(23)20-12-17(16-4-8-25-13-16)22-6-9-24-10-7-22/h2-3,5,11,14,16-17H,4,6-10,12-13H2,1H3,(H2,20,21,23). The molecular formula is C18H28N4O3. The molecule has 3 rings (SSSR count). The summed E-state index contributed by atoms with van der Waals surface area (Å²) in [5.41, 5.74) is 0.992. The lowest BCUT2D eigenvalue weighted by molar-refractivity contribution is 0.00211. The molecular weight excluding hydrogens is 320 g/mol. The molecule has 3 atom stereocenters. The first kappa shape index (κ1) is 18.1. The van der Waals surface area contributed by atoms with E-state index in [1.807, 2.05) is 19.1 Å². The van der Waals surface area contributed by atoms with Gasteiger partial charge >= 0.3 is 6.03 Å². The van der Waals surface area contributed by atoms with Crippen LogP contribution in [-0.4, -0.2) is 68.0 Å². The quantitative estimate of drug-likeness (QED) is 0.807. The van der Waals surface area contributed by atoms with Crippen molar-refractivity contribution >= 4 is 6.03 Å². The first-order valence-corrected chi connectivity index (χ1v) is 9.08. The lowest BCUT2D eigenvalue weighted by atomic mass is 9.97. The maximum atomic E-state index is 12.3. The van der Waals surface area contributed by atoms with E-state index in [0.29, 0.717) is 18.5 Å². The number of rotatable bonds is 6. The Morgan fingerprint density at radius 3 is 2.88 bits per heavy atom. The average molecular weight is 348 g/mol. The molecule has 0 aliphatic carbocycles. The molecule has 138 valence electrons. The summed E-state index contributed by atoms with van der Waals surface area (Å²) in [7, 11) is 0. The van der Waals surface area contributed by atoms with Crippen LogP contribution < -0.4 is 10.6 Å². The van der Waals surface area contributed by atoms with Gasteiger partial charge in [-0.25, -0.2) is 4.79 Å². The Morgan fingerprint density at radius 1 is 1.36 bits per heavy atom. The Balaban J connectivity index is 1.52. The zero-order chi connectivity index (χ0) is 17.5. The Bertz CT molecular complexity index is 530.